The highest BCUT2D eigenvalue weighted by Crippen LogP contribution is 2.32. The number of nitrogens with one attached hydrogen (secondary N) is 2. The van der Waals surface area contributed by atoms with Crippen LogP contribution in [0.15, 0.2) is 23.2 Å². The zero-order valence-electron chi connectivity index (χ0n) is 14.9. The standard InChI is InChI=1S/C18H29N3O3/c1-14(2)7-11-22-12-8-20-18(19-3)21-15-5-6-16-17(13-15)24-10-4-9-23-16/h5-6,13-14H,4,7-12H2,1-3H3,(H2,19,20,21). The highest BCUT2D eigenvalue weighted by molar-refractivity contribution is 5.93. The fourth-order valence-electron chi connectivity index (χ4n) is 2.22. The highest BCUT2D eigenvalue weighted by Gasteiger charge is 2.11. The van der Waals surface area contributed by atoms with E-state index in [0.717, 1.165) is 36.6 Å². The van der Waals surface area contributed by atoms with Gasteiger partial charge in [-0.2, -0.15) is 0 Å². The van der Waals surface area contributed by atoms with Crippen LogP contribution < -0.4 is 20.1 Å². The number of aliphatic imine (C=N–C) groups is 1. The van der Waals surface area contributed by atoms with Gasteiger partial charge < -0.3 is 24.8 Å². The zero-order valence-corrected chi connectivity index (χ0v) is 14.9. The molecule has 6 nitrogen and oxygen atoms in total. The van der Waals surface area contributed by atoms with E-state index in [9.17, 15) is 0 Å². The molecule has 0 saturated heterocycles. The highest BCUT2D eigenvalue weighted by atomic mass is 16.5. The van der Waals surface area contributed by atoms with Gasteiger partial charge in [0.05, 0.1) is 19.8 Å². The molecule has 0 saturated carbocycles. The molecule has 2 rings (SSSR count). The lowest BCUT2D eigenvalue weighted by Gasteiger charge is -2.14. The van der Waals surface area contributed by atoms with Crippen LogP contribution in [0.2, 0.25) is 0 Å². The molecule has 2 N–H and O–H groups in total. The normalized spacial score (nSPS) is 14.4. The fourth-order valence-corrected chi connectivity index (χ4v) is 2.22. The number of hydrogen-bond acceptors (Lipinski definition) is 4. The maximum absolute atomic E-state index is 5.70. The molecule has 0 atom stereocenters. The monoisotopic (exact) mass is 335 g/mol. The molecule has 1 aliphatic rings. The van der Waals surface area contributed by atoms with Crippen molar-refractivity contribution in [3.05, 3.63) is 18.2 Å². The smallest absolute Gasteiger partial charge is 0.195 e. The van der Waals surface area contributed by atoms with Crippen molar-refractivity contribution in [2.45, 2.75) is 26.7 Å². The van der Waals surface area contributed by atoms with Crippen LogP contribution in [0.1, 0.15) is 26.7 Å². The number of nitrogens with zero attached hydrogens (tertiary/aromatic N) is 1. The Morgan fingerprint density at radius 3 is 2.75 bits per heavy atom. The summed E-state index contributed by atoms with van der Waals surface area (Å²) in [4.78, 5) is 4.23. The average molecular weight is 335 g/mol. The van der Waals surface area contributed by atoms with Gasteiger partial charge in [-0.3, -0.25) is 4.99 Å². The number of benzene rings is 1. The van der Waals surface area contributed by atoms with E-state index in [0.29, 0.717) is 38.2 Å². The molecule has 1 heterocycles. The largest absolute Gasteiger partial charge is 0.490 e. The van der Waals surface area contributed by atoms with Gasteiger partial charge in [-0.25, -0.2) is 0 Å². The van der Waals surface area contributed by atoms with Crippen molar-refractivity contribution in [1.82, 2.24) is 5.32 Å². The van der Waals surface area contributed by atoms with E-state index >= 15 is 0 Å². The Labute approximate surface area is 144 Å². The summed E-state index contributed by atoms with van der Waals surface area (Å²) < 4.78 is 16.9. The maximum Gasteiger partial charge on any atom is 0.195 e. The molecule has 134 valence electrons. The molecule has 0 spiro atoms. The number of ether oxygens (including phenoxy) is 3. The van der Waals surface area contributed by atoms with Gasteiger partial charge in [-0.05, 0) is 24.5 Å². The van der Waals surface area contributed by atoms with Crippen molar-refractivity contribution < 1.29 is 14.2 Å². The van der Waals surface area contributed by atoms with Crippen molar-refractivity contribution in [3.63, 3.8) is 0 Å². The van der Waals surface area contributed by atoms with Crippen molar-refractivity contribution in [2.75, 3.05) is 45.3 Å². The zero-order chi connectivity index (χ0) is 17.2. The van der Waals surface area contributed by atoms with Crippen LogP contribution >= 0.6 is 0 Å². The van der Waals surface area contributed by atoms with Gasteiger partial charge in [0.15, 0.2) is 17.5 Å². The molecular weight excluding hydrogens is 306 g/mol. The molecule has 24 heavy (non-hydrogen) atoms. The average Bonchev–Trinajstić information content (AvgIpc) is 2.81. The molecule has 0 bridgehead atoms. The van der Waals surface area contributed by atoms with Gasteiger partial charge in [-0.15, -0.1) is 0 Å². The second-order valence-electron chi connectivity index (χ2n) is 6.13. The predicted octanol–water partition coefficient (Wildman–Crippen LogP) is 2.90. The van der Waals surface area contributed by atoms with E-state index in [1.54, 1.807) is 7.05 Å². The van der Waals surface area contributed by atoms with Gasteiger partial charge >= 0.3 is 0 Å². The van der Waals surface area contributed by atoms with Crippen LogP contribution in [0, 0.1) is 5.92 Å². The van der Waals surface area contributed by atoms with Crippen LogP contribution in [0.3, 0.4) is 0 Å². The molecule has 1 aromatic rings. The molecule has 1 aromatic carbocycles. The Hall–Kier alpha value is -1.95. The third-order valence-corrected chi connectivity index (χ3v) is 3.61. The minimum atomic E-state index is 0.661. The van der Waals surface area contributed by atoms with Gasteiger partial charge in [0, 0.05) is 38.4 Å². The third-order valence-electron chi connectivity index (χ3n) is 3.61. The first-order chi connectivity index (χ1) is 11.7. The minimum Gasteiger partial charge on any atom is -0.490 e. The first-order valence-electron chi connectivity index (χ1n) is 8.64. The summed E-state index contributed by atoms with van der Waals surface area (Å²) in [6.45, 7) is 7.94. The molecule has 1 aliphatic heterocycles. The fraction of sp³-hybridized carbons (Fsp3) is 0.611. The van der Waals surface area contributed by atoms with Crippen LogP contribution in [0.25, 0.3) is 0 Å². The van der Waals surface area contributed by atoms with Crippen LogP contribution in [0.5, 0.6) is 11.5 Å². The number of rotatable bonds is 7. The van der Waals surface area contributed by atoms with E-state index in [-0.39, 0.29) is 0 Å². The Bertz CT molecular complexity index is 532. The Kier molecular flexibility index (Phi) is 7.68. The lowest BCUT2D eigenvalue weighted by atomic mass is 10.1. The number of fused-ring (bicyclic) bond motifs is 1. The Morgan fingerprint density at radius 2 is 2.00 bits per heavy atom. The van der Waals surface area contributed by atoms with Crippen molar-refractivity contribution >= 4 is 11.6 Å². The third kappa shape index (κ3) is 6.28. The van der Waals surface area contributed by atoms with E-state index in [1.165, 1.54) is 0 Å². The van der Waals surface area contributed by atoms with Gasteiger partial charge in [0.25, 0.3) is 0 Å². The second-order valence-corrected chi connectivity index (χ2v) is 6.13. The van der Waals surface area contributed by atoms with Crippen molar-refractivity contribution in [2.24, 2.45) is 10.9 Å². The summed E-state index contributed by atoms with van der Waals surface area (Å²) in [5, 5.41) is 6.50. The second kappa shape index (κ2) is 10.0. The summed E-state index contributed by atoms with van der Waals surface area (Å²) in [7, 11) is 1.75. The quantitative estimate of drug-likeness (QED) is 0.456. The molecule has 0 aromatic heterocycles. The molecule has 0 radical (unpaired) electrons. The SMILES string of the molecule is CN=C(NCCOCCC(C)C)Nc1ccc2c(c1)OCCCO2. The molecule has 0 aliphatic carbocycles. The number of guanidine groups is 1. The van der Waals surface area contributed by atoms with E-state index in [4.69, 9.17) is 14.2 Å². The maximum atomic E-state index is 5.70. The molecule has 0 amide bonds. The predicted molar refractivity (Wildman–Crippen MR) is 97.3 cm³/mol. The van der Waals surface area contributed by atoms with Crippen LogP contribution in [-0.2, 0) is 4.74 Å². The number of hydrogen-bond donors (Lipinski definition) is 2. The molecule has 6 heteroatoms. The minimum absolute atomic E-state index is 0.661. The van der Waals surface area contributed by atoms with Crippen molar-refractivity contribution in [1.29, 1.82) is 0 Å². The molecular formula is C18H29N3O3. The van der Waals surface area contributed by atoms with Crippen LogP contribution in [0.4, 0.5) is 5.69 Å². The number of anilines is 1. The van der Waals surface area contributed by atoms with Gasteiger partial charge in [-0.1, -0.05) is 13.8 Å². The van der Waals surface area contributed by atoms with E-state index in [2.05, 4.69) is 29.5 Å². The summed E-state index contributed by atoms with van der Waals surface area (Å²) in [5.41, 5.74) is 0.910. The summed E-state index contributed by atoms with van der Waals surface area (Å²) in [6, 6.07) is 5.82. The molecule has 0 unspecified atom stereocenters. The van der Waals surface area contributed by atoms with Gasteiger partial charge in [0.2, 0.25) is 0 Å². The van der Waals surface area contributed by atoms with Crippen LogP contribution in [-0.4, -0.2) is 46.0 Å². The van der Waals surface area contributed by atoms with E-state index in [1.807, 2.05) is 18.2 Å². The lowest BCUT2D eigenvalue weighted by molar-refractivity contribution is 0.128. The first-order valence-corrected chi connectivity index (χ1v) is 8.64. The first kappa shape index (κ1) is 18.4. The van der Waals surface area contributed by atoms with Gasteiger partial charge in [0.1, 0.15) is 0 Å². The molecule has 0 fully saturated rings. The lowest BCUT2D eigenvalue weighted by Crippen LogP contribution is -2.33. The van der Waals surface area contributed by atoms with E-state index < -0.39 is 0 Å². The Morgan fingerprint density at radius 1 is 1.21 bits per heavy atom. The summed E-state index contributed by atoms with van der Waals surface area (Å²) >= 11 is 0. The van der Waals surface area contributed by atoms with Crippen molar-refractivity contribution in [3.8, 4) is 11.5 Å². The Balaban J connectivity index is 1.77. The topological polar surface area (TPSA) is 64.1 Å². The summed E-state index contributed by atoms with van der Waals surface area (Å²) in [5.74, 6) is 2.94. The summed E-state index contributed by atoms with van der Waals surface area (Å²) in [6.07, 6.45) is 1.99.